The summed E-state index contributed by atoms with van der Waals surface area (Å²) in [6, 6.07) is 14.2. The highest BCUT2D eigenvalue weighted by Gasteiger charge is 2.32. The van der Waals surface area contributed by atoms with E-state index in [2.05, 4.69) is 19.1 Å². The first-order chi connectivity index (χ1) is 13.6. The molecule has 0 unspecified atom stereocenters. The minimum atomic E-state index is -0.515. The number of carbonyl (C=O) groups excluding carboxylic acids is 2. The van der Waals surface area contributed by atoms with Crippen LogP contribution in [0.4, 0.5) is 0 Å². The van der Waals surface area contributed by atoms with E-state index in [1.54, 1.807) is 16.2 Å². The maximum Gasteiger partial charge on any atom is 0.242 e. The number of hydrogen-bond acceptors (Lipinski definition) is 3. The molecule has 0 radical (unpaired) electrons. The van der Waals surface area contributed by atoms with Crippen LogP contribution in [0.5, 0.6) is 0 Å². The smallest absolute Gasteiger partial charge is 0.242 e. The molecule has 2 amide bonds. The van der Waals surface area contributed by atoms with Gasteiger partial charge < -0.3 is 9.80 Å². The highest BCUT2D eigenvalue weighted by Crippen LogP contribution is 2.22. The number of thiophene rings is 1. The first-order valence-electron chi connectivity index (χ1n) is 10.3. The van der Waals surface area contributed by atoms with Crippen LogP contribution in [-0.2, 0) is 22.7 Å². The molecule has 29 heavy (non-hydrogen) atoms. The summed E-state index contributed by atoms with van der Waals surface area (Å²) in [5.74, 6) is 0.00429. The van der Waals surface area contributed by atoms with Crippen LogP contribution in [0.25, 0.3) is 0 Å². The van der Waals surface area contributed by atoms with E-state index < -0.39 is 5.41 Å². The molecule has 2 rings (SSSR count). The van der Waals surface area contributed by atoms with Gasteiger partial charge in [-0.2, -0.15) is 0 Å². The Morgan fingerprint density at radius 1 is 1.03 bits per heavy atom. The van der Waals surface area contributed by atoms with Crippen molar-refractivity contribution in [3.05, 3.63) is 57.8 Å². The van der Waals surface area contributed by atoms with Crippen molar-refractivity contribution in [2.45, 2.75) is 67.1 Å². The van der Waals surface area contributed by atoms with Crippen molar-refractivity contribution in [3.63, 3.8) is 0 Å². The molecule has 4 nitrogen and oxygen atoms in total. The number of amides is 2. The van der Waals surface area contributed by atoms with Crippen LogP contribution in [0.2, 0.25) is 0 Å². The third kappa shape index (κ3) is 6.70. The van der Waals surface area contributed by atoms with E-state index in [9.17, 15) is 9.59 Å². The van der Waals surface area contributed by atoms with Gasteiger partial charge >= 0.3 is 0 Å². The van der Waals surface area contributed by atoms with Gasteiger partial charge in [0.2, 0.25) is 11.8 Å². The molecule has 1 aromatic carbocycles. The molecule has 0 aliphatic rings. The maximum atomic E-state index is 13.4. The number of benzene rings is 1. The fraction of sp³-hybridized carbons (Fsp3) is 0.500. The fourth-order valence-electron chi connectivity index (χ4n) is 3.12. The zero-order chi connectivity index (χ0) is 21.6. The monoisotopic (exact) mass is 414 g/mol. The summed E-state index contributed by atoms with van der Waals surface area (Å²) in [6.45, 7) is 13.1. The Labute approximate surface area is 179 Å². The van der Waals surface area contributed by atoms with Gasteiger partial charge in [0.1, 0.15) is 6.54 Å². The van der Waals surface area contributed by atoms with E-state index in [1.807, 2.05) is 69.9 Å². The number of hydrogen-bond donors (Lipinski definition) is 0. The van der Waals surface area contributed by atoms with Crippen molar-refractivity contribution in [1.82, 2.24) is 9.80 Å². The van der Waals surface area contributed by atoms with Crippen LogP contribution in [0.3, 0.4) is 0 Å². The SMILES string of the molecule is CC[C@@H](C)N(CC(=O)N(Cc1ccccc1)Cc1ccc(C)s1)C(=O)C(C)(C)C. The molecule has 158 valence electrons. The third-order valence-electron chi connectivity index (χ3n) is 5.04. The summed E-state index contributed by atoms with van der Waals surface area (Å²) in [5, 5.41) is 0. The zero-order valence-electron chi connectivity index (χ0n) is 18.6. The van der Waals surface area contributed by atoms with Crippen LogP contribution < -0.4 is 0 Å². The molecule has 1 atom stereocenters. The lowest BCUT2D eigenvalue weighted by Crippen LogP contribution is -2.49. The van der Waals surface area contributed by atoms with E-state index in [1.165, 1.54) is 4.88 Å². The van der Waals surface area contributed by atoms with E-state index in [4.69, 9.17) is 0 Å². The predicted molar refractivity (Wildman–Crippen MR) is 121 cm³/mol. The first-order valence-corrected chi connectivity index (χ1v) is 11.1. The summed E-state index contributed by atoms with van der Waals surface area (Å²) < 4.78 is 0. The predicted octanol–water partition coefficient (Wildman–Crippen LogP) is 5.26. The van der Waals surface area contributed by atoms with Gasteiger partial charge in [0.25, 0.3) is 0 Å². The van der Waals surface area contributed by atoms with E-state index in [0.717, 1.165) is 16.9 Å². The topological polar surface area (TPSA) is 40.6 Å². The second kappa shape index (κ2) is 10.1. The van der Waals surface area contributed by atoms with E-state index in [-0.39, 0.29) is 24.4 Å². The average molecular weight is 415 g/mol. The van der Waals surface area contributed by atoms with Crippen LogP contribution in [0, 0.1) is 12.3 Å². The molecule has 1 heterocycles. The molecule has 0 N–H and O–H groups in total. The van der Waals surface area contributed by atoms with Crippen LogP contribution in [-0.4, -0.2) is 34.2 Å². The number of rotatable bonds is 8. The van der Waals surface area contributed by atoms with E-state index in [0.29, 0.717) is 13.1 Å². The van der Waals surface area contributed by atoms with Gasteiger partial charge in [-0.15, -0.1) is 11.3 Å². The summed E-state index contributed by atoms with van der Waals surface area (Å²) in [6.07, 6.45) is 0.817. The molecular weight excluding hydrogens is 380 g/mol. The first kappa shape index (κ1) is 23.1. The van der Waals surface area contributed by atoms with Crippen molar-refractivity contribution in [2.24, 2.45) is 5.41 Å². The largest absolute Gasteiger partial charge is 0.332 e. The quantitative estimate of drug-likeness (QED) is 0.591. The molecule has 0 spiro atoms. The van der Waals surface area contributed by atoms with Crippen molar-refractivity contribution in [1.29, 1.82) is 0 Å². The third-order valence-corrected chi connectivity index (χ3v) is 6.03. The number of nitrogens with zero attached hydrogens (tertiary/aromatic N) is 2. The molecule has 0 fully saturated rings. The molecule has 0 saturated carbocycles. The highest BCUT2D eigenvalue weighted by molar-refractivity contribution is 7.11. The van der Waals surface area contributed by atoms with Gasteiger partial charge in [-0.05, 0) is 38.0 Å². The molecule has 0 aliphatic carbocycles. The molecule has 1 aromatic heterocycles. The Bertz CT molecular complexity index is 808. The van der Waals surface area contributed by atoms with Crippen molar-refractivity contribution >= 4 is 23.2 Å². The Morgan fingerprint density at radius 2 is 1.69 bits per heavy atom. The average Bonchev–Trinajstić information content (AvgIpc) is 3.09. The minimum absolute atomic E-state index is 0.0159. The Balaban J connectivity index is 2.24. The summed E-state index contributed by atoms with van der Waals surface area (Å²) in [7, 11) is 0. The standard InChI is InChI=1S/C24H34N2O2S/c1-7-18(2)26(23(28)24(4,5)6)17-22(27)25(15-20-11-9-8-10-12-20)16-21-14-13-19(3)29-21/h8-14,18H,7,15-17H2,1-6H3/t18-/m1/s1. The normalized spacial score (nSPS) is 12.5. The lowest BCUT2D eigenvalue weighted by Gasteiger charge is -2.35. The second-order valence-corrected chi connectivity index (χ2v) is 10.1. The minimum Gasteiger partial charge on any atom is -0.332 e. The van der Waals surface area contributed by atoms with E-state index >= 15 is 0 Å². The number of aryl methyl sites for hydroxylation is 1. The molecule has 2 aromatic rings. The maximum absolute atomic E-state index is 13.4. The van der Waals surface area contributed by atoms with Gasteiger partial charge in [0.05, 0.1) is 6.54 Å². The lowest BCUT2D eigenvalue weighted by atomic mass is 9.93. The molecule has 5 heteroatoms. The molecule has 0 aliphatic heterocycles. The summed E-state index contributed by atoms with van der Waals surface area (Å²) in [4.78, 5) is 32.4. The van der Waals surface area contributed by atoms with Crippen molar-refractivity contribution < 1.29 is 9.59 Å². The molecule has 0 saturated heterocycles. The Morgan fingerprint density at radius 3 is 2.21 bits per heavy atom. The van der Waals surface area contributed by atoms with Gasteiger partial charge in [0, 0.05) is 27.8 Å². The van der Waals surface area contributed by atoms with Crippen LogP contribution >= 0.6 is 11.3 Å². The van der Waals surface area contributed by atoms with Crippen LogP contribution in [0.15, 0.2) is 42.5 Å². The zero-order valence-corrected chi connectivity index (χ0v) is 19.4. The summed E-state index contributed by atoms with van der Waals surface area (Å²) in [5.41, 5.74) is 0.574. The summed E-state index contributed by atoms with van der Waals surface area (Å²) >= 11 is 1.71. The highest BCUT2D eigenvalue weighted by atomic mass is 32.1. The van der Waals surface area contributed by atoms with Crippen molar-refractivity contribution in [3.8, 4) is 0 Å². The molecular formula is C24H34N2O2S. The fourth-order valence-corrected chi connectivity index (χ4v) is 4.03. The van der Waals surface area contributed by atoms with Gasteiger partial charge in [-0.1, -0.05) is 58.0 Å². The number of carbonyl (C=O) groups is 2. The molecule has 0 bridgehead atoms. The Kier molecular flexibility index (Phi) is 8.03. The lowest BCUT2D eigenvalue weighted by molar-refractivity contribution is -0.148. The van der Waals surface area contributed by atoms with Gasteiger partial charge in [-0.25, -0.2) is 0 Å². The second-order valence-electron chi connectivity index (χ2n) is 8.69. The Hall–Kier alpha value is -2.14. The van der Waals surface area contributed by atoms with Gasteiger partial charge in [0.15, 0.2) is 0 Å². The van der Waals surface area contributed by atoms with Crippen molar-refractivity contribution in [2.75, 3.05) is 6.54 Å². The van der Waals surface area contributed by atoms with Crippen LogP contribution in [0.1, 0.15) is 56.4 Å². The van der Waals surface area contributed by atoms with Gasteiger partial charge in [-0.3, -0.25) is 9.59 Å².